The van der Waals surface area contributed by atoms with Gasteiger partial charge in [-0.05, 0) is 103 Å². The molecule has 0 bridgehead atoms. The summed E-state index contributed by atoms with van der Waals surface area (Å²) in [5.74, 6) is -0.506. The Kier molecular flexibility index (Phi) is 12.2. The summed E-state index contributed by atoms with van der Waals surface area (Å²) in [4.78, 5) is 36.6. The van der Waals surface area contributed by atoms with E-state index < -0.39 is 17.9 Å². The molecule has 0 radical (unpaired) electrons. The zero-order valence-corrected chi connectivity index (χ0v) is 25.7. The van der Waals surface area contributed by atoms with Gasteiger partial charge in [-0.25, -0.2) is 14.4 Å². The second kappa shape index (κ2) is 17.0. The van der Waals surface area contributed by atoms with E-state index in [9.17, 15) is 14.4 Å². The molecule has 0 atom stereocenters. The van der Waals surface area contributed by atoms with Crippen molar-refractivity contribution in [2.75, 3.05) is 4.90 Å². The van der Waals surface area contributed by atoms with E-state index in [2.05, 4.69) is 48.9 Å². The van der Waals surface area contributed by atoms with Gasteiger partial charge in [-0.3, -0.25) is 0 Å². The summed E-state index contributed by atoms with van der Waals surface area (Å²) >= 11 is 0. The molecule has 0 amide bonds. The predicted molar refractivity (Wildman–Crippen MR) is 180 cm³/mol. The maximum Gasteiger partial charge on any atom is 0.335 e. The van der Waals surface area contributed by atoms with Gasteiger partial charge in [0.25, 0.3) is 0 Å². The number of aryl methyl sites for hydroxylation is 2. The van der Waals surface area contributed by atoms with Crippen LogP contribution in [0.15, 0.2) is 135 Å². The molecular weight excluding hydrogens is 578 g/mol. The van der Waals surface area contributed by atoms with Crippen LogP contribution < -0.4 is 14.4 Å². The molecule has 0 aromatic heterocycles. The molecule has 4 aromatic rings. The van der Waals surface area contributed by atoms with Crippen molar-refractivity contribution in [2.45, 2.75) is 38.7 Å². The van der Waals surface area contributed by atoms with E-state index in [1.165, 1.54) is 11.1 Å². The number of esters is 3. The van der Waals surface area contributed by atoms with Gasteiger partial charge in [0.15, 0.2) is 0 Å². The summed E-state index contributed by atoms with van der Waals surface area (Å²) in [6.07, 6.45) is 8.58. The molecule has 0 heterocycles. The first-order chi connectivity index (χ1) is 22.4. The van der Waals surface area contributed by atoms with Crippen LogP contribution in [0.25, 0.3) is 0 Å². The van der Waals surface area contributed by atoms with E-state index >= 15 is 0 Å². The lowest BCUT2D eigenvalue weighted by Crippen LogP contribution is -2.10. The van der Waals surface area contributed by atoms with Crippen LogP contribution in [-0.4, -0.2) is 17.9 Å². The molecule has 0 aliphatic heterocycles. The molecule has 0 saturated carbocycles. The Morgan fingerprint density at radius 1 is 0.500 bits per heavy atom. The van der Waals surface area contributed by atoms with Crippen molar-refractivity contribution in [1.29, 1.82) is 0 Å². The Bertz CT molecular complexity index is 1640. The molecule has 0 aliphatic carbocycles. The van der Waals surface area contributed by atoms with Gasteiger partial charge in [-0.1, -0.05) is 62.6 Å². The lowest BCUT2D eigenvalue weighted by molar-refractivity contribution is -0.139. The van der Waals surface area contributed by atoms with E-state index in [1.807, 2.05) is 60.7 Å². The summed E-state index contributed by atoms with van der Waals surface area (Å²) in [5, 5.41) is 0. The van der Waals surface area contributed by atoms with E-state index in [0.29, 0.717) is 11.5 Å². The second-order valence-electron chi connectivity index (χ2n) is 10.4. The first-order valence-electron chi connectivity index (χ1n) is 15.0. The van der Waals surface area contributed by atoms with Crippen molar-refractivity contribution < 1.29 is 28.6 Å². The van der Waals surface area contributed by atoms with Gasteiger partial charge >= 0.3 is 17.9 Å². The minimum Gasteiger partial charge on any atom is -0.458 e. The Hall–Kier alpha value is -5.69. The monoisotopic (exact) mass is 615 g/mol. The van der Waals surface area contributed by atoms with Crippen LogP contribution >= 0.6 is 0 Å². The van der Waals surface area contributed by atoms with Crippen molar-refractivity contribution in [1.82, 2.24) is 0 Å². The van der Waals surface area contributed by atoms with Crippen LogP contribution in [0.5, 0.6) is 11.5 Å². The highest BCUT2D eigenvalue weighted by atomic mass is 16.5. The van der Waals surface area contributed by atoms with Gasteiger partial charge in [-0.15, -0.1) is 0 Å². The number of ether oxygens (including phenoxy) is 3. The molecule has 0 fully saturated rings. The summed E-state index contributed by atoms with van der Waals surface area (Å²) in [5.41, 5.74) is 6.07. The van der Waals surface area contributed by atoms with Gasteiger partial charge in [0.05, 0.1) is 0 Å². The topological polar surface area (TPSA) is 82.1 Å². The van der Waals surface area contributed by atoms with Crippen molar-refractivity contribution >= 4 is 35.0 Å². The molecule has 7 nitrogen and oxygen atoms in total. The second-order valence-corrected chi connectivity index (χ2v) is 10.4. The highest BCUT2D eigenvalue weighted by Crippen LogP contribution is 2.35. The maximum absolute atomic E-state index is 11.6. The minimum absolute atomic E-state index is 0.155. The van der Waals surface area contributed by atoms with Crippen molar-refractivity contribution in [3.63, 3.8) is 0 Å². The minimum atomic E-state index is -0.518. The summed E-state index contributed by atoms with van der Waals surface area (Å²) in [7, 11) is 0. The van der Waals surface area contributed by atoms with Crippen LogP contribution in [-0.2, 0) is 38.6 Å². The van der Waals surface area contributed by atoms with E-state index in [0.717, 1.165) is 73.0 Å². The van der Waals surface area contributed by atoms with E-state index in [4.69, 9.17) is 14.2 Å². The summed E-state index contributed by atoms with van der Waals surface area (Å²) in [6.45, 7) is 10.4. The standard InChI is InChI=1S/C39H37NO6/c1-4-37(41)44-28-31-14-20-33(21-15-31)40(34-22-26-36(27-23-34)46-39(43)6-3)32-18-12-29(13-19-32)10-8-7-9-11-30-16-24-35(25-17-30)45-38(42)5-2/h4-6,12-27H,1-3,7-11,28H2. The molecule has 0 saturated heterocycles. The van der Waals surface area contributed by atoms with Crippen LogP contribution in [0.3, 0.4) is 0 Å². The molecule has 7 heteroatoms. The summed E-state index contributed by atoms with van der Waals surface area (Å²) < 4.78 is 15.6. The van der Waals surface area contributed by atoms with E-state index in [1.54, 1.807) is 12.1 Å². The fourth-order valence-corrected chi connectivity index (χ4v) is 4.75. The molecule has 46 heavy (non-hydrogen) atoms. The molecule has 0 unspecified atom stereocenters. The fraction of sp³-hybridized carbons (Fsp3) is 0.154. The highest BCUT2D eigenvalue weighted by molar-refractivity contribution is 5.84. The number of nitrogens with zero attached hydrogens (tertiary/aromatic N) is 1. The van der Waals surface area contributed by atoms with Crippen LogP contribution in [0.1, 0.15) is 36.0 Å². The van der Waals surface area contributed by atoms with Gasteiger partial charge < -0.3 is 19.1 Å². The molecule has 4 rings (SSSR count). The number of carbonyl (C=O) groups excluding carboxylic acids is 3. The van der Waals surface area contributed by atoms with Gasteiger partial charge in [0.1, 0.15) is 18.1 Å². The Balaban J connectivity index is 1.39. The molecule has 4 aromatic carbocycles. The third-order valence-electron chi connectivity index (χ3n) is 7.16. The van der Waals surface area contributed by atoms with Gasteiger partial charge in [0.2, 0.25) is 0 Å². The molecular formula is C39H37NO6. The zero-order chi connectivity index (χ0) is 32.7. The number of hydrogen-bond donors (Lipinski definition) is 0. The van der Waals surface area contributed by atoms with Crippen molar-refractivity contribution in [3.8, 4) is 11.5 Å². The van der Waals surface area contributed by atoms with Crippen LogP contribution in [0, 0.1) is 0 Å². The smallest absolute Gasteiger partial charge is 0.335 e. The highest BCUT2D eigenvalue weighted by Gasteiger charge is 2.14. The third-order valence-corrected chi connectivity index (χ3v) is 7.16. The Morgan fingerprint density at radius 3 is 1.30 bits per heavy atom. The number of hydrogen-bond acceptors (Lipinski definition) is 7. The van der Waals surface area contributed by atoms with Crippen molar-refractivity contribution in [2.24, 2.45) is 0 Å². The normalized spacial score (nSPS) is 10.3. The Morgan fingerprint density at radius 2 is 0.870 bits per heavy atom. The molecule has 0 aliphatic rings. The number of rotatable bonds is 16. The Labute approximate surface area is 270 Å². The molecule has 0 N–H and O–H groups in total. The van der Waals surface area contributed by atoms with Crippen LogP contribution in [0.2, 0.25) is 0 Å². The number of anilines is 3. The lowest BCUT2D eigenvalue weighted by Gasteiger charge is -2.26. The molecule has 234 valence electrons. The third kappa shape index (κ3) is 9.92. The van der Waals surface area contributed by atoms with Crippen LogP contribution in [0.4, 0.5) is 17.1 Å². The lowest BCUT2D eigenvalue weighted by atomic mass is 10.0. The zero-order valence-electron chi connectivity index (χ0n) is 25.7. The van der Waals surface area contributed by atoms with Gasteiger partial charge in [-0.2, -0.15) is 0 Å². The largest absolute Gasteiger partial charge is 0.458 e. The molecule has 0 spiro atoms. The van der Waals surface area contributed by atoms with Crippen molar-refractivity contribution in [3.05, 3.63) is 152 Å². The average molecular weight is 616 g/mol. The number of carbonyl (C=O) groups is 3. The first kappa shape index (κ1) is 33.2. The quantitative estimate of drug-likeness (QED) is 0.0541. The SMILES string of the molecule is C=CC(=O)OCc1ccc(N(c2ccc(CCCCCc3ccc(OC(=O)C=C)cc3)cc2)c2ccc(OC(=O)C=C)cc2)cc1. The van der Waals surface area contributed by atoms with Gasteiger partial charge in [0, 0.05) is 35.3 Å². The number of benzene rings is 4. The average Bonchev–Trinajstić information content (AvgIpc) is 3.09. The fourth-order valence-electron chi connectivity index (χ4n) is 4.75. The first-order valence-corrected chi connectivity index (χ1v) is 15.0. The maximum atomic E-state index is 11.6. The number of unbranched alkanes of at least 4 members (excludes halogenated alkanes) is 2. The summed E-state index contributed by atoms with van der Waals surface area (Å²) in [6, 6.07) is 31.1. The van der Waals surface area contributed by atoms with E-state index in [-0.39, 0.29) is 6.61 Å². The predicted octanol–water partition coefficient (Wildman–Crippen LogP) is 8.52.